The zero-order chi connectivity index (χ0) is 22.5. The summed E-state index contributed by atoms with van der Waals surface area (Å²) in [6.07, 6.45) is 0.142. The lowest BCUT2D eigenvalue weighted by molar-refractivity contribution is -0.119. The summed E-state index contributed by atoms with van der Waals surface area (Å²) in [7, 11) is -3.93. The van der Waals surface area contributed by atoms with Crippen LogP contribution >= 0.6 is 11.3 Å². The number of hydrogen-bond donors (Lipinski definition) is 2. The largest absolute Gasteiger partial charge is 0.325 e. The highest BCUT2D eigenvalue weighted by molar-refractivity contribution is 7.89. The summed E-state index contributed by atoms with van der Waals surface area (Å²) in [5, 5.41) is 6.72. The smallest absolute Gasteiger partial charge is 0.256 e. The Kier molecular flexibility index (Phi) is 5.07. The fraction of sp³-hybridized carbons (Fsp3) is 0.182. The molecule has 2 atom stereocenters. The first-order valence-corrected chi connectivity index (χ1v) is 12.3. The van der Waals surface area contributed by atoms with E-state index in [4.69, 9.17) is 0 Å². The molecule has 7 nitrogen and oxygen atoms in total. The second-order valence-corrected chi connectivity index (χ2v) is 10.2. The van der Waals surface area contributed by atoms with Crippen LogP contribution in [0, 0.1) is 5.82 Å². The Balaban J connectivity index is 1.41. The molecule has 2 aliphatic heterocycles. The number of anilines is 1. The van der Waals surface area contributed by atoms with Crippen molar-refractivity contribution in [1.29, 1.82) is 0 Å². The molecule has 2 unspecified atom stereocenters. The Morgan fingerprint density at radius 2 is 1.84 bits per heavy atom. The molecule has 2 amide bonds. The maximum atomic E-state index is 13.3. The molecule has 5 rings (SSSR count). The van der Waals surface area contributed by atoms with E-state index >= 15 is 0 Å². The van der Waals surface area contributed by atoms with Gasteiger partial charge in [0.1, 0.15) is 11.9 Å². The highest BCUT2D eigenvalue weighted by atomic mass is 32.2. The Labute approximate surface area is 187 Å². The molecule has 0 saturated carbocycles. The van der Waals surface area contributed by atoms with Crippen LogP contribution in [0.15, 0.2) is 64.2 Å². The average Bonchev–Trinajstić information content (AvgIpc) is 3.42. The molecule has 3 heterocycles. The summed E-state index contributed by atoms with van der Waals surface area (Å²) in [6.45, 7) is 0.0550. The standard InChI is InChI=1S/C22H18FN3O4S2/c23-15-2-4-17(5-3-15)32(29,30)25-16-10-20-21(27)24-19-6-1-13(14-7-8-31-12-14)9-18(19)22(28)26(20)11-16/h1-9,12,16,20,25H,10-11H2,(H,24,27). The first-order valence-electron chi connectivity index (χ1n) is 9.88. The summed E-state index contributed by atoms with van der Waals surface area (Å²) in [5.41, 5.74) is 2.64. The van der Waals surface area contributed by atoms with Crippen molar-refractivity contribution in [2.75, 3.05) is 11.9 Å². The van der Waals surface area contributed by atoms with Crippen molar-refractivity contribution in [1.82, 2.24) is 9.62 Å². The van der Waals surface area contributed by atoms with Gasteiger partial charge in [0.25, 0.3) is 5.91 Å². The number of fused-ring (bicyclic) bond motifs is 2. The first kappa shape index (κ1) is 20.8. The minimum absolute atomic E-state index is 0.0550. The second kappa shape index (κ2) is 7.80. The number of thiophene rings is 1. The van der Waals surface area contributed by atoms with E-state index in [1.165, 1.54) is 17.0 Å². The van der Waals surface area contributed by atoms with Gasteiger partial charge in [0.2, 0.25) is 15.9 Å². The number of hydrogen-bond acceptors (Lipinski definition) is 5. The summed E-state index contributed by atoms with van der Waals surface area (Å²) in [6, 6.07) is 10.3. The molecule has 0 radical (unpaired) electrons. The van der Waals surface area contributed by atoms with Crippen molar-refractivity contribution in [3.8, 4) is 11.1 Å². The zero-order valence-electron chi connectivity index (χ0n) is 16.6. The van der Waals surface area contributed by atoms with Gasteiger partial charge in [0.15, 0.2) is 0 Å². The fourth-order valence-corrected chi connectivity index (χ4v) is 6.01. The van der Waals surface area contributed by atoms with Gasteiger partial charge in [-0.1, -0.05) is 6.07 Å². The Morgan fingerprint density at radius 1 is 1.06 bits per heavy atom. The summed E-state index contributed by atoms with van der Waals surface area (Å²) in [5.74, 6) is -1.23. The van der Waals surface area contributed by atoms with Crippen LogP contribution in [-0.4, -0.2) is 43.8 Å². The fourth-order valence-electron chi connectivity index (χ4n) is 4.10. The molecule has 1 saturated heterocycles. The maximum absolute atomic E-state index is 13.3. The van der Waals surface area contributed by atoms with Crippen LogP contribution in [0.4, 0.5) is 10.1 Å². The number of amides is 2. The highest BCUT2D eigenvalue weighted by Crippen LogP contribution is 2.33. The number of nitrogens with one attached hydrogen (secondary N) is 2. The van der Waals surface area contributed by atoms with E-state index in [2.05, 4.69) is 10.0 Å². The van der Waals surface area contributed by atoms with E-state index < -0.39 is 27.9 Å². The Morgan fingerprint density at radius 3 is 2.56 bits per heavy atom. The summed E-state index contributed by atoms with van der Waals surface area (Å²) < 4.78 is 41.0. The molecule has 1 aromatic heterocycles. The van der Waals surface area contributed by atoms with Gasteiger partial charge < -0.3 is 10.2 Å². The molecule has 164 valence electrons. The third kappa shape index (κ3) is 3.70. The molecular weight excluding hydrogens is 453 g/mol. The molecule has 2 aromatic carbocycles. The van der Waals surface area contributed by atoms with E-state index in [1.807, 2.05) is 22.9 Å². The lowest BCUT2D eigenvalue weighted by Crippen LogP contribution is -2.41. The minimum Gasteiger partial charge on any atom is -0.325 e. The normalized spacial score (nSPS) is 20.5. The first-order chi connectivity index (χ1) is 15.3. The highest BCUT2D eigenvalue weighted by Gasteiger charge is 2.44. The van der Waals surface area contributed by atoms with Gasteiger partial charge in [-0.2, -0.15) is 11.3 Å². The maximum Gasteiger partial charge on any atom is 0.256 e. The van der Waals surface area contributed by atoms with Gasteiger partial charge in [-0.05, 0) is 70.8 Å². The second-order valence-electron chi connectivity index (χ2n) is 7.74. The summed E-state index contributed by atoms with van der Waals surface area (Å²) in [4.78, 5) is 27.5. The van der Waals surface area contributed by atoms with Crippen molar-refractivity contribution in [3.63, 3.8) is 0 Å². The van der Waals surface area contributed by atoms with Crippen molar-refractivity contribution in [2.24, 2.45) is 0 Å². The van der Waals surface area contributed by atoms with Crippen molar-refractivity contribution >= 4 is 38.9 Å². The summed E-state index contributed by atoms with van der Waals surface area (Å²) >= 11 is 1.55. The quantitative estimate of drug-likeness (QED) is 0.611. The topological polar surface area (TPSA) is 95.6 Å². The number of sulfonamides is 1. The van der Waals surface area contributed by atoms with Crippen molar-refractivity contribution in [3.05, 3.63) is 70.7 Å². The van der Waals surface area contributed by atoms with Gasteiger partial charge in [0.05, 0.1) is 16.1 Å². The van der Waals surface area contributed by atoms with E-state index in [0.29, 0.717) is 11.3 Å². The monoisotopic (exact) mass is 471 g/mol. The van der Waals surface area contributed by atoms with E-state index in [-0.39, 0.29) is 29.7 Å². The average molecular weight is 472 g/mol. The predicted molar refractivity (Wildman–Crippen MR) is 118 cm³/mol. The van der Waals surface area contributed by atoms with E-state index in [1.54, 1.807) is 23.5 Å². The molecule has 0 spiro atoms. The third-order valence-electron chi connectivity index (χ3n) is 5.67. The zero-order valence-corrected chi connectivity index (χ0v) is 18.3. The van der Waals surface area contributed by atoms with Crippen LogP contribution in [0.3, 0.4) is 0 Å². The molecule has 2 N–H and O–H groups in total. The molecule has 3 aromatic rings. The van der Waals surface area contributed by atoms with Crippen molar-refractivity contribution < 1.29 is 22.4 Å². The Hall–Kier alpha value is -3.08. The number of rotatable bonds is 4. The minimum atomic E-state index is -3.93. The molecule has 10 heteroatoms. The van der Waals surface area contributed by atoms with Crippen LogP contribution in [-0.2, 0) is 14.8 Å². The number of halogens is 1. The van der Waals surface area contributed by atoms with E-state index in [9.17, 15) is 22.4 Å². The molecule has 32 heavy (non-hydrogen) atoms. The van der Waals surface area contributed by atoms with Crippen LogP contribution in [0.2, 0.25) is 0 Å². The van der Waals surface area contributed by atoms with Gasteiger partial charge in [-0.15, -0.1) is 0 Å². The van der Waals surface area contributed by atoms with Gasteiger partial charge in [-0.25, -0.2) is 17.5 Å². The van der Waals surface area contributed by atoms with Crippen LogP contribution in [0.1, 0.15) is 16.8 Å². The third-order valence-corrected chi connectivity index (χ3v) is 7.89. The van der Waals surface area contributed by atoms with Crippen LogP contribution in [0.5, 0.6) is 0 Å². The molecule has 1 fully saturated rings. The lowest BCUT2D eigenvalue weighted by Gasteiger charge is -2.20. The number of carbonyl (C=O) groups is 2. The van der Waals surface area contributed by atoms with Crippen molar-refractivity contribution in [2.45, 2.75) is 23.4 Å². The molecule has 2 aliphatic rings. The van der Waals surface area contributed by atoms with Gasteiger partial charge in [0, 0.05) is 12.6 Å². The lowest BCUT2D eigenvalue weighted by atomic mass is 10.0. The number of nitrogens with zero attached hydrogens (tertiary/aromatic N) is 1. The molecular formula is C22H18FN3O4S2. The molecule has 0 bridgehead atoms. The molecule has 0 aliphatic carbocycles. The number of benzene rings is 2. The van der Waals surface area contributed by atoms with Gasteiger partial charge in [-0.3, -0.25) is 9.59 Å². The van der Waals surface area contributed by atoms with E-state index in [0.717, 1.165) is 23.3 Å². The number of carbonyl (C=O) groups excluding carboxylic acids is 2. The SMILES string of the molecule is O=C1Nc2ccc(-c3ccsc3)cc2C(=O)N2CC(NS(=O)(=O)c3ccc(F)cc3)CC12. The van der Waals surface area contributed by atoms with Crippen LogP contribution in [0.25, 0.3) is 11.1 Å². The van der Waals surface area contributed by atoms with Crippen LogP contribution < -0.4 is 10.0 Å². The predicted octanol–water partition coefficient (Wildman–Crippen LogP) is 3.07. The van der Waals surface area contributed by atoms with Gasteiger partial charge >= 0.3 is 0 Å². The Bertz CT molecular complexity index is 1310.